The summed E-state index contributed by atoms with van der Waals surface area (Å²) in [6, 6.07) is 7.31. The molecule has 0 atom stereocenters. The molecule has 0 unspecified atom stereocenters. The number of hydrogen-bond acceptors (Lipinski definition) is 2. The monoisotopic (exact) mass is 357 g/mol. The summed E-state index contributed by atoms with van der Waals surface area (Å²) < 4.78 is 6.33. The Morgan fingerprint density at radius 2 is 2.06 bits per heavy atom. The zero-order chi connectivity index (χ0) is 12.4. The Labute approximate surface area is 115 Å². The van der Waals surface area contributed by atoms with Gasteiger partial charge in [0, 0.05) is 4.47 Å². The number of rotatable bonds is 2. The van der Waals surface area contributed by atoms with Crippen molar-refractivity contribution in [1.82, 2.24) is 0 Å². The molecule has 1 aromatic carbocycles. The molecule has 2 aromatic rings. The first kappa shape index (κ1) is 12.4. The summed E-state index contributed by atoms with van der Waals surface area (Å²) in [4.78, 5) is 11.9. The molecule has 0 radical (unpaired) electrons. The number of aryl methyl sites for hydroxylation is 1. The predicted molar refractivity (Wildman–Crippen MR) is 73.2 cm³/mol. The Balaban J connectivity index is 2.25. The average molecular weight is 359 g/mol. The van der Waals surface area contributed by atoms with E-state index in [0.29, 0.717) is 10.2 Å². The van der Waals surface area contributed by atoms with Gasteiger partial charge in [0.1, 0.15) is 0 Å². The second-order valence-electron chi connectivity index (χ2n) is 3.50. The molecule has 3 nitrogen and oxygen atoms in total. The van der Waals surface area contributed by atoms with Crippen LogP contribution in [0, 0.1) is 6.92 Å². The van der Waals surface area contributed by atoms with Gasteiger partial charge in [0.2, 0.25) is 0 Å². The maximum Gasteiger partial charge on any atom is 0.260 e. The summed E-state index contributed by atoms with van der Waals surface area (Å²) in [5.41, 5.74) is 2.27. The van der Waals surface area contributed by atoms with Crippen molar-refractivity contribution in [2.24, 2.45) is 0 Å². The van der Waals surface area contributed by atoms with Gasteiger partial charge in [-0.1, -0.05) is 12.1 Å². The third-order valence-corrected chi connectivity index (χ3v) is 3.97. The van der Waals surface area contributed by atoms with Crippen LogP contribution in [0.5, 0.6) is 0 Å². The van der Waals surface area contributed by atoms with Crippen molar-refractivity contribution in [2.75, 3.05) is 5.32 Å². The van der Waals surface area contributed by atoms with Crippen LogP contribution in [0.3, 0.4) is 0 Å². The van der Waals surface area contributed by atoms with E-state index in [4.69, 9.17) is 4.42 Å². The molecule has 0 aliphatic rings. The fourth-order valence-corrected chi connectivity index (χ4v) is 2.17. The SMILES string of the molecule is Cc1cccc(NC(=O)c2ccoc2Br)c1Br. The second kappa shape index (κ2) is 5.06. The minimum Gasteiger partial charge on any atom is -0.457 e. The summed E-state index contributed by atoms with van der Waals surface area (Å²) >= 11 is 6.61. The van der Waals surface area contributed by atoms with E-state index < -0.39 is 0 Å². The number of hydrogen-bond donors (Lipinski definition) is 1. The minimum atomic E-state index is -0.211. The molecule has 0 aliphatic carbocycles. The Morgan fingerprint density at radius 1 is 1.29 bits per heavy atom. The van der Waals surface area contributed by atoms with E-state index in [9.17, 15) is 4.79 Å². The van der Waals surface area contributed by atoms with E-state index in [0.717, 1.165) is 15.7 Å². The maximum absolute atomic E-state index is 11.9. The normalized spacial score (nSPS) is 10.3. The van der Waals surface area contributed by atoms with E-state index in [2.05, 4.69) is 37.2 Å². The lowest BCUT2D eigenvalue weighted by Gasteiger charge is -2.08. The van der Waals surface area contributed by atoms with E-state index >= 15 is 0 Å². The predicted octanol–water partition coefficient (Wildman–Crippen LogP) is 4.37. The highest BCUT2D eigenvalue weighted by atomic mass is 79.9. The lowest BCUT2D eigenvalue weighted by Crippen LogP contribution is -2.12. The van der Waals surface area contributed by atoms with Crippen LogP contribution in [-0.4, -0.2) is 5.91 Å². The van der Waals surface area contributed by atoms with Crippen molar-refractivity contribution >= 4 is 43.5 Å². The van der Waals surface area contributed by atoms with Crippen LogP contribution >= 0.6 is 31.9 Å². The summed E-state index contributed by atoms with van der Waals surface area (Å²) in [5, 5.41) is 2.82. The number of carbonyl (C=O) groups excluding carboxylic acids is 1. The highest BCUT2D eigenvalue weighted by Crippen LogP contribution is 2.27. The Bertz CT molecular complexity index is 563. The Morgan fingerprint density at radius 3 is 2.71 bits per heavy atom. The molecule has 2 rings (SSSR count). The van der Waals surface area contributed by atoms with Crippen LogP contribution < -0.4 is 5.32 Å². The number of amides is 1. The summed E-state index contributed by atoms with van der Waals surface area (Å²) in [6.45, 7) is 1.97. The summed E-state index contributed by atoms with van der Waals surface area (Å²) in [5.74, 6) is -0.211. The van der Waals surface area contributed by atoms with Gasteiger partial charge in [-0.15, -0.1) is 0 Å². The van der Waals surface area contributed by atoms with Gasteiger partial charge in [-0.05, 0) is 56.5 Å². The fourth-order valence-electron chi connectivity index (χ4n) is 1.39. The van der Waals surface area contributed by atoms with Gasteiger partial charge in [0.05, 0.1) is 17.5 Å². The highest BCUT2D eigenvalue weighted by molar-refractivity contribution is 9.10. The second-order valence-corrected chi connectivity index (χ2v) is 5.01. The molecule has 1 N–H and O–H groups in total. The molecule has 1 aromatic heterocycles. The molecular weight excluding hydrogens is 350 g/mol. The Kier molecular flexibility index (Phi) is 3.69. The molecular formula is C12H9Br2NO2. The quantitative estimate of drug-likeness (QED) is 0.866. The molecule has 5 heteroatoms. The lowest BCUT2D eigenvalue weighted by molar-refractivity contribution is 0.102. The van der Waals surface area contributed by atoms with Crippen LogP contribution in [-0.2, 0) is 0 Å². The first-order valence-electron chi connectivity index (χ1n) is 4.89. The minimum absolute atomic E-state index is 0.211. The van der Waals surface area contributed by atoms with Crippen molar-refractivity contribution in [1.29, 1.82) is 0 Å². The average Bonchev–Trinajstić information content (AvgIpc) is 2.71. The first-order chi connectivity index (χ1) is 8.09. The first-order valence-corrected chi connectivity index (χ1v) is 6.47. The Hall–Kier alpha value is -1.07. The molecule has 0 saturated carbocycles. The maximum atomic E-state index is 11.9. The zero-order valence-corrected chi connectivity index (χ0v) is 12.1. The van der Waals surface area contributed by atoms with E-state index in [-0.39, 0.29) is 5.91 Å². The molecule has 0 saturated heterocycles. The largest absolute Gasteiger partial charge is 0.457 e. The molecule has 0 spiro atoms. The topological polar surface area (TPSA) is 42.2 Å². The summed E-state index contributed by atoms with van der Waals surface area (Å²) in [6.07, 6.45) is 1.46. The van der Waals surface area contributed by atoms with E-state index in [1.165, 1.54) is 6.26 Å². The fraction of sp³-hybridized carbons (Fsp3) is 0.0833. The van der Waals surface area contributed by atoms with Gasteiger partial charge in [-0.25, -0.2) is 0 Å². The van der Waals surface area contributed by atoms with Gasteiger partial charge in [-0.2, -0.15) is 0 Å². The molecule has 0 fully saturated rings. The van der Waals surface area contributed by atoms with Crippen LogP contribution in [0.25, 0.3) is 0 Å². The molecule has 0 aliphatic heterocycles. The van der Waals surface area contributed by atoms with Gasteiger partial charge in [0.15, 0.2) is 4.67 Å². The van der Waals surface area contributed by atoms with Crippen LogP contribution in [0.15, 0.2) is 44.1 Å². The number of nitrogens with one attached hydrogen (secondary N) is 1. The number of carbonyl (C=O) groups is 1. The van der Waals surface area contributed by atoms with E-state index in [1.807, 2.05) is 25.1 Å². The zero-order valence-electron chi connectivity index (χ0n) is 8.96. The van der Waals surface area contributed by atoms with Gasteiger partial charge < -0.3 is 9.73 Å². The molecule has 1 amide bonds. The van der Waals surface area contributed by atoms with E-state index in [1.54, 1.807) is 6.07 Å². The number of benzene rings is 1. The van der Waals surface area contributed by atoms with Crippen molar-refractivity contribution in [3.05, 3.63) is 50.8 Å². The van der Waals surface area contributed by atoms with Gasteiger partial charge in [-0.3, -0.25) is 4.79 Å². The number of anilines is 1. The third kappa shape index (κ3) is 2.61. The molecule has 88 valence electrons. The highest BCUT2D eigenvalue weighted by Gasteiger charge is 2.14. The van der Waals surface area contributed by atoms with Crippen molar-refractivity contribution < 1.29 is 9.21 Å². The molecule has 1 heterocycles. The molecule has 17 heavy (non-hydrogen) atoms. The number of furan rings is 1. The standard InChI is InChI=1S/C12H9Br2NO2/c1-7-3-2-4-9(10(7)13)15-12(16)8-5-6-17-11(8)14/h2-6H,1H3,(H,15,16). The van der Waals surface area contributed by atoms with Crippen molar-refractivity contribution in [3.8, 4) is 0 Å². The smallest absolute Gasteiger partial charge is 0.260 e. The van der Waals surface area contributed by atoms with Gasteiger partial charge in [0.25, 0.3) is 5.91 Å². The van der Waals surface area contributed by atoms with Crippen molar-refractivity contribution in [3.63, 3.8) is 0 Å². The lowest BCUT2D eigenvalue weighted by atomic mass is 10.2. The third-order valence-electron chi connectivity index (χ3n) is 2.30. The van der Waals surface area contributed by atoms with Crippen molar-refractivity contribution in [2.45, 2.75) is 6.92 Å². The number of halogens is 2. The van der Waals surface area contributed by atoms with Crippen LogP contribution in [0.2, 0.25) is 0 Å². The summed E-state index contributed by atoms with van der Waals surface area (Å²) in [7, 11) is 0. The van der Waals surface area contributed by atoms with Gasteiger partial charge >= 0.3 is 0 Å². The van der Waals surface area contributed by atoms with Crippen LogP contribution in [0.4, 0.5) is 5.69 Å². The van der Waals surface area contributed by atoms with Crippen LogP contribution in [0.1, 0.15) is 15.9 Å². The molecule has 0 bridgehead atoms.